The summed E-state index contributed by atoms with van der Waals surface area (Å²) in [6.07, 6.45) is 1.80. The van der Waals surface area contributed by atoms with Gasteiger partial charge in [-0.15, -0.1) is 0 Å². The summed E-state index contributed by atoms with van der Waals surface area (Å²) < 4.78 is 14.5. The van der Waals surface area contributed by atoms with E-state index >= 15 is 0 Å². The fraction of sp³-hybridized carbons (Fsp3) is 0.267. The number of amidine groups is 2. The second-order valence-electron chi connectivity index (χ2n) is 4.51. The van der Waals surface area contributed by atoms with Gasteiger partial charge in [0.05, 0.1) is 11.5 Å². The number of aliphatic imine (C=N–C) groups is 3. The smallest absolute Gasteiger partial charge is 0.135 e. The molecule has 4 N–H and O–H groups in total. The Labute approximate surface area is 157 Å². The molecule has 1 aromatic rings. The van der Waals surface area contributed by atoms with Crippen molar-refractivity contribution >= 4 is 60.5 Å². The molecular weight excluding hydrogens is 476 g/mol. The summed E-state index contributed by atoms with van der Waals surface area (Å²) in [6.45, 7) is 4.22. The van der Waals surface area contributed by atoms with Crippen LogP contribution in [0.1, 0.15) is 20.3 Å². The topological polar surface area (TPSA) is 89.1 Å². The van der Waals surface area contributed by atoms with E-state index in [1.54, 1.807) is 13.0 Å². The molecule has 0 bridgehead atoms. The highest BCUT2D eigenvalue weighted by atomic mass is 127. The molecule has 0 radical (unpaired) electrons. The molecule has 0 saturated carbocycles. The number of nitrogens with two attached hydrogens (primary N) is 2. The molecule has 0 heterocycles. The van der Waals surface area contributed by atoms with Crippen LogP contribution in [0, 0.1) is 9.39 Å². The van der Waals surface area contributed by atoms with E-state index in [-0.39, 0.29) is 5.82 Å². The van der Waals surface area contributed by atoms with Crippen LogP contribution in [0.3, 0.4) is 0 Å². The molecule has 5 nitrogen and oxygen atoms in total. The molecule has 0 aliphatic rings. The minimum absolute atomic E-state index is 0.311. The standard InChI is InChI=1S/C15H18BrFIN5/c1-3-21-15(16)10(8-19)6-14(22-9(2)20)23-13-5-4-11(17)7-12(13)18/h4-5,7-8H,3,6,19H2,1-2H3,(H2,20,22,23). The molecule has 0 fully saturated rings. The number of hydrogen-bond donors (Lipinski definition) is 2. The van der Waals surface area contributed by atoms with Crippen molar-refractivity contribution in [2.75, 3.05) is 6.54 Å². The summed E-state index contributed by atoms with van der Waals surface area (Å²) in [4.78, 5) is 13.0. The Morgan fingerprint density at radius 3 is 2.65 bits per heavy atom. The largest absolute Gasteiger partial charge is 0.404 e. The van der Waals surface area contributed by atoms with Crippen molar-refractivity contribution in [1.29, 1.82) is 0 Å². The molecule has 23 heavy (non-hydrogen) atoms. The summed E-state index contributed by atoms with van der Waals surface area (Å²) in [5, 5.41) is 0. The molecule has 0 unspecified atom stereocenters. The van der Waals surface area contributed by atoms with E-state index in [1.165, 1.54) is 18.3 Å². The van der Waals surface area contributed by atoms with E-state index in [2.05, 4.69) is 30.9 Å². The van der Waals surface area contributed by atoms with Crippen LogP contribution in [0.25, 0.3) is 0 Å². The monoisotopic (exact) mass is 493 g/mol. The zero-order valence-corrected chi connectivity index (χ0v) is 16.6. The number of rotatable bonds is 5. The van der Waals surface area contributed by atoms with Gasteiger partial charge in [0, 0.05) is 28.3 Å². The van der Waals surface area contributed by atoms with Crippen LogP contribution < -0.4 is 11.5 Å². The maximum Gasteiger partial charge on any atom is 0.135 e. The van der Waals surface area contributed by atoms with E-state index < -0.39 is 0 Å². The zero-order valence-electron chi connectivity index (χ0n) is 12.9. The van der Waals surface area contributed by atoms with Crippen LogP contribution in [-0.4, -0.2) is 22.8 Å². The molecule has 124 valence electrons. The van der Waals surface area contributed by atoms with Gasteiger partial charge in [-0.3, -0.25) is 4.99 Å². The van der Waals surface area contributed by atoms with E-state index in [9.17, 15) is 4.39 Å². The van der Waals surface area contributed by atoms with E-state index in [0.29, 0.717) is 38.5 Å². The van der Waals surface area contributed by atoms with Gasteiger partial charge in [0.25, 0.3) is 0 Å². The van der Waals surface area contributed by atoms with Gasteiger partial charge in [0.2, 0.25) is 0 Å². The average molecular weight is 494 g/mol. The highest BCUT2D eigenvalue weighted by Crippen LogP contribution is 2.23. The van der Waals surface area contributed by atoms with Gasteiger partial charge in [0.15, 0.2) is 0 Å². The predicted octanol–water partition coefficient (Wildman–Crippen LogP) is 3.88. The van der Waals surface area contributed by atoms with Crippen LogP contribution in [0.5, 0.6) is 0 Å². The first-order chi connectivity index (χ1) is 10.9. The van der Waals surface area contributed by atoms with Crippen molar-refractivity contribution < 1.29 is 4.39 Å². The molecular formula is C15H18BrFIN5. The Bertz CT molecular complexity index is 678. The van der Waals surface area contributed by atoms with Gasteiger partial charge in [-0.2, -0.15) is 0 Å². The van der Waals surface area contributed by atoms with Gasteiger partial charge in [-0.25, -0.2) is 14.4 Å². The Morgan fingerprint density at radius 2 is 2.13 bits per heavy atom. The molecule has 0 saturated heterocycles. The van der Waals surface area contributed by atoms with Crippen molar-refractivity contribution in [2.24, 2.45) is 26.4 Å². The van der Waals surface area contributed by atoms with Crippen molar-refractivity contribution in [3.05, 3.63) is 39.4 Å². The minimum Gasteiger partial charge on any atom is -0.404 e. The van der Waals surface area contributed by atoms with Gasteiger partial charge in [0.1, 0.15) is 16.3 Å². The lowest BCUT2D eigenvalue weighted by molar-refractivity contribution is 0.627. The van der Waals surface area contributed by atoms with E-state index in [1.807, 2.05) is 29.5 Å². The molecule has 0 aromatic heterocycles. The van der Waals surface area contributed by atoms with Gasteiger partial charge in [-0.1, -0.05) is 0 Å². The second-order valence-corrected chi connectivity index (χ2v) is 6.42. The maximum atomic E-state index is 13.2. The minimum atomic E-state index is -0.311. The highest BCUT2D eigenvalue weighted by molar-refractivity contribution is 14.1. The lowest BCUT2D eigenvalue weighted by Gasteiger charge is -2.07. The van der Waals surface area contributed by atoms with Crippen molar-refractivity contribution in [3.63, 3.8) is 0 Å². The van der Waals surface area contributed by atoms with Crippen molar-refractivity contribution in [3.8, 4) is 0 Å². The summed E-state index contributed by atoms with van der Waals surface area (Å²) in [5.74, 6) is 0.532. The lowest BCUT2D eigenvalue weighted by Crippen LogP contribution is -2.12. The Kier molecular flexibility index (Phi) is 8.38. The van der Waals surface area contributed by atoms with Crippen LogP contribution in [-0.2, 0) is 0 Å². The van der Waals surface area contributed by atoms with E-state index in [0.717, 1.165) is 5.57 Å². The molecule has 8 heteroatoms. The number of halogens is 3. The fourth-order valence-corrected chi connectivity index (χ4v) is 2.75. The normalized spacial score (nSPS) is 14.3. The summed E-state index contributed by atoms with van der Waals surface area (Å²) in [7, 11) is 0. The summed E-state index contributed by atoms with van der Waals surface area (Å²) in [6, 6.07) is 4.36. The third-order valence-corrected chi connectivity index (χ3v) is 4.20. The lowest BCUT2D eigenvalue weighted by atomic mass is 10.2. The average Bonchev–Trinajstić information content (AvgIpc) is 2.47. The SMILES string of the molecule is CCN=C(Br)C(=CN)CC(N=C(C)N)=Nc1ccc(F)cc1I. The second kappa shape index (κ2) is 9.76. The highest BCUT2D eigenvalue weighted by Gasteiger charge is 2.10. The molecule has 0 aliphatic heterocycles. The third-order valence-electron chi connectivity index (χ3n) is 2.58. The molecule has 0 amide bonds. The van der Waals surface area contributed by atoms with Crippen LogP contribution in [0.4, 0.5) is 10.1 Å². The maximum absolute atomic E-state index is 13.2. The third kappa shape index (κ3) is 6.78. The summed E-state index contributed by atoms with van der Waals surface area (Å²) >= 11 is 5.41. The Morgan fingerprint density at radius 1 is 1.43 bits per heavy atom. The molecule has 0 spiro atoms. The van der Waals surface area contributed by atoms with E-state index in [4.69, 9.17) is 11.5 Å². The number of benzene rings is 1. The van der Waals surface area contributed by atoms with Crippen LogP contribution >= 0.6 is 38.5 Å². The van der Waals surface area contributed by atoms with Crippen LogP contribution in [0.15, 0.2) is 44.9 Å². The quantitative estimate of drug-likeness (QED) is 0.370. The first-order valence-electron chi connectivity index (χ1n) is 6.81. The predicted molar refractivity (Wildman–Crippen MR) is 107 cm³/mol. The Balaban J connectivity index is 3.22. The number of nitrogens with zero attached hydrogens (tertiary/aromatic N) is 3. The molecule has 1 aromatic carbocycles. The molecule has 1 rings (SSSR count). The first-order valence-corrected chi connectivity index (χ1v) is 8.69. The molecule has 0 aliphatic carbocycles. The van der Waals surface area contributed by atoms with Gasteiger partial charge in [-0.05, 0) is 70.6 Å². The van der Waals surface area contributed by atoms with Crippen LogP contribution in [0.2, 0.25) is 0 Å². The van der Waals surface area contributed by atoms with Crippen molar-refractivity contribution in [1.82, 2.24) is 0 Å². The zero-order chi connectivity index (χ0) is 17.4. The Hall–Kier alpha value is -1.29. The van der Waals surface area contributed by atoms with Crippen molar-refractivity contribution in [2.45, 2.75) is 20.3 Å². The molecule has 0 atom stereocenters. The first kappa shape index (κ1) is 19.8. The fourth-order valence-electron chi connectivity index (χ4n) is 1.63. The number of hydrogen-bond acceptors (Lipinski definition) is 3. The van der Waals surface area contributed by atoms with Gasteiger partial charge >= 0.3 is 0 Å². The summed E-state index contributed by atoms with van der Waals surface area (Å²) in [5.41, 5.74) is 12.7. The van der Waals surface area contributed by atoms with Gasteiger partial charge < -0.3 is 11.5 Å².